The van der Waals surface area contributed by atoms with E-state index in [1.165, 1.54) is 7.11 Å². The van der Waals surface area contributed by atoms with Gasteiger partial charge in [0.1, 0.15) is 11.6 Å². The lowest BCUT2D eigenvalue weighted by atomic mass is 10.2. The molecule has 0 aliphatic carbocycles. The van der Waals surface area contributed by atoms with Gasteiger partial charge in [-0.1, -0.05) is 11.6 Å². The van der Waals surface area contributed by atoms with Gasteiger partial charge in [0.2, 0.25) is 0 Å². The van der Waals surface area contributed by atoms with Crippen LogP contribution < -0.4 is 4.74 Å². The molecule has 0 saturated heterocycles. The Balaban J connectivity index is 3.35. The molecule has 13 heavy (non-hydrogen) atoms. The summed E-state index contributed by atoms with van der Waals surface area (Å²) < 4.78 is 17.5. The van der Waals surface area contributed by atoms with Crippen LogP contribution in [0.2, 0.25) is 5.02 Å². The lowest BCUT2D eigenvalue weighted by Gasteiger charge is -2.05. The molecule has 0 amide bonds. The maximum atomic E-state index is 12.8. The van der Waals surface area contributed by atoms with Crippen LogP contribution in [0.3, 0.4) is 0 Å². The van der Waals surface area contributed by atoms with Crippen LogP contribution in [-0.2, 0) is 0 Å². The lowest BCUT2D eigenvalue weighted by Crippen LogP contribution is -1.95. The van der Waals surface area contributed by atoms with E-state index in [1.54, 1.807) is 0 Å². The van der Waals surface area contributed by atoms with Gasteiger partial charge in [-0.2, -0.15) is 0 Å². The van der Waals surface area contributed by atoms with Crippen LogP contribution in [0.5, 0.6) is 5.75 Å². The Morgan fingerprint density at radius 2 is 2.15 bits per heavy atom. The molecule has 70 valence electrons. The quantitative estimate of drug-likeness (QED) is 0.720. The van der Waals surface area contributed by atoms with Crippen molar-refractivity contribution >= 4 is 28.4 Å². The first-order chi connectivity index (χ1) is 6.06. The van der Waals surface area contributed by atoms with Gasteiger partial charge in [-0.3, -0.25) is 4.79 Å². The molecule has 0 aliphatic heterocycles. The molecular weight excluding hydrogens is 218 g/mol. The van der Waals surface area contributed by atoms with E-state index in [0.29, 0.717) is 0 Å². The predicted molar refractivity (Wildman–Crippen MR) is 48.1 cm³/mol. The third kappa shape index (κ3) is 2.11. The molecule has 1 aromatic rings. The number of hydrogen-bond acceptors (Lipinski definition) is 2. The van der Waals surface area contributed by atoms with Gasteiger partial charge in [-0.25, -0.2) is 4.39 Å². The monoisotopic (exact) mass is 222 g/mol. The number of carbonyl (C=O) groups excluding carboxylic acids is 1. The van der Waals surface area contributed by atoms with Crippen molar-refractivity contribution in [1.29, 1.82) is 0 Å². The van der Waals surface area contributed by atoms with Crippen molar-refractivity contribution in [2.45, 2.75) is 0 Å². The second kappa shape index (κ2) is 3.94. The molecule has 0 N–H and O–H groups in total. The smallest absolute Gasteiger partial charge is 0.254 e. The van der Waals surface area contributed by atoms with Crippen molar-refractivity contribution in [2.24, 2.45) is 0 Å². The summed E-state index contributed by atoms with van der Waals surface area (Å²) in [6.45, 7) is 0. The molecule has 1 aromatic carbocycles. The van der Waals surface area contributed by atoms with Crippen molar-refractivity contribution in [3.8, 4) is 5.75 Å². The van der Waals surface area contributed by atoms with Gasteiger partial charge in [0.05, 0.1) is 17.7 Å². The molecule has 0 aromatic heterocycles. The molecule has 5 heteroatoms. The topological polar surface area (TPSA) is 26.3 Å². The average molecular weight is 223 g/mol. The Kier molecular flexibility index (Phi) is 3.12. The van der Waals surface area contributed by atoms with Gasteiger partial charge in [0, 0.05) is 6.07 Å². The molecule has 0 spiro atoms. The average Bonchev–Trinajstić information content (AvgIpc) is 2.08. The summed E-state index contributed by atoms with van der Waals surface area (Å²) >= 11 is 10.8. The van der Waals surface area contributed by atoms with Crippen molar-refractivity contribution in [3.63, 3.8) is 0 Å². The largest absolute Gasteiger partial charge is 0.495 e. The van der Waals surface area contributed by atoms with Crippen molar-refractivity contribution in [3.05, 3.63) is 28.5 Å². The minimum absolute atomic E-state index is 0.0175. The molecule has 0 radical (unpaired) electrons. The van der Waals surface area contributed by atoms with Crippen LogP contribution in [0.15, 0.2) is 12.1 Å². The number of halogens is 3. The Bertz CT molecular complexity index is 352. The summed E-state index contributed by atoms with van der Waals surface area (Å²) in [5.74, 6) is -0.532. The van der Waals surface area contributed by atoms with Gasteiger partial charge in [-0.15, -0.1) is 0 Å². The predicted octanol–water partition coefficient (Wildman–Crippen LogP) is 2.87. The molecule has 0 aliphatic rings. The van der Waals surface area contributed by atoms with Crippen molar-refractivity contribution < 1.29 is 13.9 Å². The highest BCUT2D eigenvalue weighted by Gasteiger charge is 2.14. The zero-order valence-corrected chi connectivity index (χ0v) is 8.12. The van der Waals surface area contributed by atoms with E-state index >= 15 is 0 Å². The van der Waals surface area contributed by atoms with Crippen LogP contribution in [0.4, 0.5) is 4.39 Å². The highest BCUT2D eigenvalue weighted by molar-refractivity contribution is 6.68. The number of carbonyl (C=O) groups is 1. The zero-order chi connectivity index (χ0) is 10.0. The van der Waals surface area contributed by atoms with Crippen LogP contribution in [-0.4, -0.2) is 12.4 Å². The van der Waals surface area contributed by atoms with Gasteiger partial charge in [-0.05, 0) is 17.7 Å². The summed E-state index contributed by atoms with van der Waals surface area (Å²) in [5, 5.41) is -0.799. The maximum absolute atomic E-state index is 12.8. The number of ether oxygens (including phenoxy) is 1. The Labute approximate surface area is 84.2 Å². The van der Waals surface area contributed by atoms with Crippen LogP contribution in [0.1, 0.15) is 10.4 Å². The van der Waals surface area contributed by atoms with E-state index in [2.05, 4.69) is 0 Å². The lowest BCUT2D eigenvalue weighted by molar-refractivity contribution is 0.108. The molecule has 0 bridgehead atoms. The number of methoxy groups -OCH3 is 1. The molecule has 2 nitrogen and oxygen atoms in total. The first-order valence-electron chi connectivity index (χ1n) is 3.29. The third-order valence-corrected chi connectivity index (χ3v) is 2.03. The Hall–Kier alpha value is -0.800. The minimum Gasteiger partial charge on any atom is -0.495 e. The van der Waals surface area contributed by atoms with Gasteiger partial charge in [0.25, 0.3) is 5.24 Å². The first kappa shape index (κ1) is 10.3. The van der Waals surface area contributed by atoms with E-state index in [4.69, 9.17) is 27.9 Å². The number of benzene rings is 1. The molecule has 0 unspecified atom stereocenters. The van der Waals surface area contributed by atoms with E-state index in [0.717, 1.165) is 12.1 Å². The summed E-state index contributed by atoms with van der Waals surface area (Å²) in [4.78, 5) is 10.7. The summed E-state index contributed by atoms with van der Waals surface area (Å²) in [5.41, 5.74) is -0.0971. The second-order valence-electron chi connectivity index (χ2n) is 2.24. The fourth-order valence-electron chi connectivity index (χ4n) is 0.856. The maximum Gasteiger partial charge on any atom is 0.254 e. The van der Waals surface area contributed by atoms with E-state index in [9.17, 15) is 9.18 Å². The van der Waals surface area contributed by atoms with Crippen LogP contribution >= 0.6 is 23.2 Å². The molecule has 1 rings (SSSR count). The van der Waals surface area contributed by atoms with Crippen LogP contribution in [0, 0.1) is 5.82 Å². The van der Waals surface area contributed by atoms with Crippen molar-refractivity contribution in [2.75, 3.05) is 7.11 Å². The number of rotatable bonds is 2. The highest BCUT2D eigenvalue weighted by atomic mass is 35.5. The second-order valence-corrected chi connectivity index (χ2v) is 2.96. The number of hydrogen-bond donors (Lipinski definition) is 0. The Morgan fingerprint density at radius 3 is 2.62 bits per heavy atom. The van der Waals surface area contributed by atoms with Crippen molar-refractivity contribution in [1.82, 2.24) is 0 Å². The summed E-state index contributed by atoms with van der Waals surface area (Å²) in [7, 11) is 1.32. The normalized spacial score (nSPS) is 9.85. The molecule has 0 heterocycles. The van der Waals surface area contributed by atoms with E-state index in [-0.39, 0.29) is 16.3 Å². The molecule has 0 saturated carbocycles. The minimum atomic E-state index is -0.817. The molecule has 0 fully saturated rings. The summed E-state index contributed by atoms with van der Waals surface area (Å²) in [6.07, 6.45) is 0. The SMILES string of the molecule is COc1cc(F)cc(C(=O)Cl)c1Cl. The van der Waals surface area contributed by atoms with Crippen LogP contribution in [0.25, 0.3) is 0 Å². The standard InChI is InChI=1S/C8H5Cl2FO2/c1-13-6-3-4(11)2-5(7(6)9)8(10)12/h2-3H,1H3. The third-order valence-electron chi connectivity index (χ3n) is 1.44. The van der Waals surface area contributed by atoms with Gasteiger partial charge < -0.3 is 4.74 Å². The van der Waals surface area contributed by atoms with E-state index < -0.39 is 11.1 Å². The fraction of sp³-hybridized carbons (Fsp3) is 0.125. The molecular formula is C8H5Cl2FO2. The Morgan fingerprint density at radius 1 is 1.54 bits per heavy atom. The van der Waals surface area contributed by atoms with Gasteiger partial charge in [0.15, 0.2) is 0 Å². The first-order valence-corrected chi connectivity index (χ1v) is 4.04. The molecule has 0 atom stereocenters. The van der Waals surface area contributed by atoms with Gasteiger partial charge >= 0.3 is 0 Å². The summed E-state index contributed by atoms with van der Waals surface area (Å²) in [6, 6.07) is 2.03. The highest BCUT2D eigenvalue weighted by Crippen LogP contribution is 2.30. The van der Waals surface area contributed by atoms with E-state index in [1.807, 2.05) is 0 Å². The zero-order valence-electron chi connectivity index (χ0n) is 6.61. The fourth-order valence-corrected chi connectivity index (χ4v) is 1.33.